The molecule has 0 aromatic heterocycles. The number of nitrogens with one attached hydrogen (secondary N) is 2. The lowest BCUT2D eigenvalue weighted by Crippen LogP contribution is -2.47. The highest BCUT2D eigenvalue weighted by Crippen LogP contribution is 2.27. The molecule has 0 radical (unpaired) electrons. The molecule has 0 aliphatic heterocycles. The Hall–Kier alpha value is -1.92. The first-order valence-corrected chi connectivity index (χ1v) is 5.39. The number of hydrogen-bond donors (Lipinski definition) is 5. The highest BCUT2D eigenvalue weighted by molar-refractivity contribution is 5.92. The summed E-state index contributed by atoms with van der Waals surface area (Å²) in [5.41, 5.74) is 4.86. The first-order valence-electron chi connectivity index (χ1n) is 5.39. The van der Waals surface area contributed by atoms with Crippen molar-refractivity contribution in [3.63, 3.8) is 0 Å². The third-order valence-corrected chi connectivity index (χ3v) is 2.84. The Kier molecular flexibility index (Phi) is 4.05. The molecule has 0 heterocycles. The normalized spacial score (nSPS) is 15.6. The van der Waals surface area contributed by atoms with E-state index in [2.05, 4.69) is 0 Å². The van der Waals surface area contributed by atoms with Gasteiger partial charge >= 0.3 is 0 Å². The summed E-state index contributed by atoms with van der Waals surface area (Å²) in [4.78, 5) is 1.12. The zero-order chi connectivity index (χ0) is 13.9. The summed E-state index contributed by atoms with van der Waals surface area (Å²) in [6.07, 6.45) is -0.563. The van der Waals surface area contributed by atoms with Crippen LogP contribution in [0.5, 0.6) is 0 Å². The average molecular weight is 250 g/mol. The highest BCUT2D eigenvalue weighted by atomic mass is 16.3. The summed E-state index contributed by atoms with van der Waals surface area (Å²) in [6, 6.07) is 6.50. The lowest BCUT2D eigenvalue weighted by atomic mass is 9.89. The van der Waals surface area contributed by atoms with Crippen LogP contribution in [-0.4, -0.2) is 40.4 Å². The zero-order valence-corrected chi connectivity index (χ0v) is 10.4. The lowest BCUT2D eigenvalue weighted by Gasteiger charge is -2.32. The van der Waals surface area contributed by atoms with Crippen molar-refractivity contribution in [1.82, 2.24) is 4.90 Å². The van der Waals surface area contributed by atoms with Crippen molar-refractivity contribution in [2.45, 2.75) is 18.6 Å². The number of anilines is 1. The summed E-state index contributed by atoms with van der Waals surface area (Å²) in [6.45, 7) is 1.40. The summed E-state index contributed by atoms with van der Waals surface area (Å²) in [5.74, 6) is -0.266. The number of nitrogens with zero attached hydrogens (tertiary/aromatic N) is 1. The van der Waals surface area contributed by atoms with E-state index in [1.807, 2.05) is 0 Å². The van der Waals surface area contributed by atoms with Crippen LogP contribution in [0.15, 0.2) is 24.3 Å². The van der Waals surface area contributed by atoms with Crippen LogP contribution in [0.3, 0.4) is 0 Å². The average Bonchev–Trinajstić information content (AvgIpc) is 2.35. The Morgan fingerprint density at radius 3 is 2.67 bits per heavy atom. The molecule has 1 aromatic rings. The van der Waals surface area contributed by atoms with E-state index in [-0.39, 0.29) is 5.84 Å². The summed E-state index contributed by atoms with van der Waals surface area (Å²) in [7, 11) is 1.45. The molecule has 0 saturated heterocycles. The molecule has 0 fully saturated rings. The molecule has 1 rings (SSSR count). The summed E-state index contributed by atoms with van der Waals surface area (Å²) >= 11 is 0. The molecule has 6 heteroatoms. The number of rotatable bonds is 4. The molecule has 6 N–H and O–H groups in total. The molecule has 0 saturated carbocycles. The fraction of sp³-hybridized carbons (Fsp3) is 0.333. The van der Waals surface area contributed by atoms with Crippen molar-refractivity contribution in [2.75, 3.05) is 12.8 Å². The number of hydrogen-bond acceptors (Lipinski definition) is 5. The molecular formula is C12H18N4O2. The first-order chi connectivity index (χ1) is 8.30. The van der Waals surface area contributed by atoms with E-state index >= 15 is 0 Å². The maximum atomic E-state index is 10.3. The fourth-order valence-electron chi connectivity index (χ4n) is 1.54. The second kappa shape index (κ2) is 5.16. The Balaban J connectivity index is 3.06. The SMILES string of the molecule is CN(C=N)C(=N)C(O)C(C)(O)c1cccc(N)c1. The van der Waals surface area contributed by atoms with Crippen molar-refractivity contribution >= 4 is 17.9 Å². The van der Waals surface area contributed by atoms with Gasteiger partial charge in [-0.3, -0.25) is 10.8 Å². The predicted molar refractivity (Wildman–Crippen MR) is 70.7 cm³/mol. The standard InChI is InChI=1S/C12H18N4O2/c1-12(18,8-4-3-5-9(14)6-8)10(17)11(15)16(2)7-13/h3-7,10,13,15,17-18H,14H2,1-2H3. The minimum atomic E-state index is -1.65. The fourth-order valence-corrected chi connectivity index (χ4v) is 1.54. The van der Waals surface area contributed by atoms with Gasteiger partial charge in [0.1, 0.15) is 17.5 Å². The number of amidine groups is 1. The van der Waals surface area contributed by atoms with E-state index in [0.717, 1.165) is 11.2 Å². The van der Waals surface area contributed by atoms with Gasteiger partial charge in [-0.15, -0.1) is 0 Å². The maximum absolute atomic E-state index is 10.3. The van der Waals surface area contributed by atoms with Gasteiger partial charge in [0.2, 0.25) is 0 Å². The Bertz CT molecular complexity index is 459. The van der Waals surface area contributed by atoms with Crippen LogP contribution in [0.1, 0.15) is 12.5 Å². The molecule has 1 aromatic carbocycles. The number of nitrogens with two attached hydrogens (primary N) is 1. The van der Waals surface area contributed by atoms with Gasteiger partial charge in [0, 0.05) is 12.7 Å². The van der Waals surface area contributed by atoms with E-state index in [4.69, 9.17) is 16.6 Å². The zero-order valence-electron chi connectivity index (χ0n) is 10.4. The Morgan fingerprint density at radius 2 is 2.17 bits per heavy atom. The molecular weight excluding hydrogens is 232 g/mol. The van der Waals surface area contributed by atoms with Crippen LogP contribution < -0.4 is 5.73 Å². The molecule has 0 aliphatic rings. The third kappa shape index (κ3) is 2.66. The second-order valence-electron chi connectivity index (χ2n) is 4.30. The van der Waals surface area contributed by atoms with E-state index in [9.17, 15) is 10.2 Å². The number of nitrogen functional groups attached to an aromatic ring is 1. The van der Waals surface area contributed by atoms with Crippen LogP contribution in [0, 0.1) is 10.8 Å². The molecule has 2 unspecified atom stereocenters. The van der Waals surface area contributed by atoms with Gasteiger partial charge in [-0.1, -0.05) is 12.1 Å². The largest absolute Gasteiger partial charge is 0.399 e. The molecule has 0 amide bonds. The number of likely N-dealkylation sites (N-methyl/N-ethyl adjacent to an activating group) is 1. The number of aliphatic hydroxyl groups excluding tert-OH is 1. The highest BCUT2D eigenvalue weighted by Gasteiger charge is 2.36. The van der Waals surface area contributed by atoms with Crippen LogP contribution in [0.2, 0.25) is 0 Å². The molecule has 98 valence electrons. The molecule has 0 aliphatic carbocycles. The molecule has 0 bridgehead atoms. The van der Waals surface area contributed by atoms with Gasteiger partial charge in [0.25, 0.3) is 0 Å². The number of aliphatic hydroxyl groups is 2. The molecule has 2 atom stereocenters. The van der Waals surface area contributed by atoms with Gasteiger partial charge in [0.15, 0.2) is 0 Å². The first kappa shape index (κ1) is 14.1. The van der Waals surface area contributed by atoms with E-state index in [0.29, 0.717) is 11.3 Å². The lowest BCUT2D eigenvalue weighted by molar-refractivity contribution is -0.0360. The Labute approximate surface area is 106 Å². The quantitative estimate of drug-likeness (QED) is 0.301. The monoisotopic (exact) mass is 250 g/mol. The number of benzene rings is 1. The topological polar surface area (TPSA) is 117 Å². The van der Waals surface area contributed by atoms with Gasteiger partial charge < -0.3 is 20.8 Å². The van der Waals surface area contributed by atoms with Gasteiger partial charge in [-0.25, -0.2) is 0 Å². The molecule has 0 spiro atoms. The Morgan fingerprint density at radius 1 is 1.56 bits per heavy atom. The second-order valence-corrected chi connectivity index (χ2v) is 4.30. The van der Waals surface area contributed by atoms with E-state index < -0.39 is 11.7 Å². The minimum Gasteiger partial charge on any atom is -0.399 e. The van der Waals surface area contributed by atoms with Crippen LogP contribution in [0.4, 0.5) is 5.69 Å². The molecule has 6 nitrogen and oxygen atoms in total. The predicted octanol–water partition coefficient (Wildman–Crippen LogP) is 0.353. The summed E-state index contributed by atoms with van der Waals surface area (Å²) in [5, 5.41) is 35.1. The van der Waals surface area contributed by atoms with Crippen LogP contribution >= 0.6 is 0 Å². The van der Waals surface area contributed by atoms with Crippen molar-refractivity contribution in [3.05, 3.63) is 29.8 Å². The molecule has 18 heavy (non-hydrogen) atoms. The van der Waals surface area contributed by atoms with E-state index in [1.165, 1.54) is 14.0 Å². The van der Waals surface area contributed by atoms with Crippen LogP contribution in [-0.2, 0) is 5.60 Å². The van der Waals surface area contributed by atoms with Crippen molar-refractivity contribution in [3.8, 4) is 0 Å². The van der Waals surface area contributed by atoms with E-state index in [1.54, 1.807) is 24.3 Å². The minimum absolute atomic E-state index is 0.266. The van der Waals surface area contributed by atoms with Crippen molar-refractivity contribution in [2.24, 2.45) is 0 Å². The van der Waals surface area contributed by atoms with Gasteiger partial charge in [-0.05, 0) is 24.6 Å². The van der Waals surface area contributed by atoms with Crippen molar-refractivity contribution in [1.29, 1.82) is 10.8 Å². The smallest absolute Gasteiger partial charge is 0.144 e. The van der Waals surface area contributed by atoms with Crippen molar-refractivity contribution < 1.29 is 10.2 Å². The van der Waals surface area contributed by atoms with Gasteiger partial charge in [-0.2, -0.15) is 0 Å². The third-order valence-electron chi connectivity index (χ3n) is 2.84. The van der Waals surface area contributed by atoms with Crippen LogP contribution in [0.25, 0.3) is 0 Å². The summed E-state index contributed by atoms with van der Waals surface area (Å²) < 4.78 is 0. The maximum Gasteiger partial charge on any atom is 0.144 e. The van der Waals surface area contributed by atoms with Gasteiger partial charge in [0.05, 0.1) is 6.34 Å².